The maximum absolute atomic E-state index is 5.99. The molecule has 0 aliphatic heterocycles. The number of hydrogen-bond donors (Lipinski definition) is 1. The highest BCUT2D eigenvalue weighted by Gasteiger charge is 2.15. The number of nitrogens with zero attached hydrogens (tertiary/aromatic N) is 2. The molecular weight excluding hydrogens is 317 g/mol. The maximum atomic E-state index is 5.99. The van der Waals surface area contributed by atoms with E-state index in [-0.39, 0.29) is 0 Å². The van der Waals surface area contributed by atoms with E-state index in [1.807, 2.05) is 0 Å². The molecule has 1 aromatic heterocycles. The average molecular weight is 332 g/mol. The van der Waals surface area contributed by atoms with E-state index in [4.69, 9.17) is 33.5 Å². The smallest absolute Gasteiger partial charge is 0.260 e. The van der Waals surface area contributed by atoms with Crippen LogP contribution in [0.1, 0.15) is 19.7 Å². The molecule has 2 N–H and O–H groups in total. The van der Waals surface area contributed by atoms with Gasteiger partial charge in [0, 0.05) is 5.02 Å². The van der Waals surface area contributed by atoms with Gasteiger partial charge in [-0.2, -0.15) is 16.7 Å². The van der Waals surface area contributed by atoms with Gasteiger partial charge >= 0.3 is 0 Å². The number of thioether (sulfide) groups is 1. The van der Waals surface area contributed by atoms with Crippen molar-refractivity contribution in [1.82, 2.24) is 10.1 Å². The molecule has 0 unspecified atom stereocenters. The standard InChI is InChI=1S/C13H15Cl2N3OS/c1-7(2)5-20-6-11-17-13(19-18-11)9-3-8(14)4-10(15)12(9)16/h3-4,7H,5-6,16H2,1-2H3. The molecule has 0 bridgehead atoms. The van der Waals surface area contributed by atoms with E-state index in [9.17, 15) is 0 Å². The number of nitrogen functional groups attached to an aromatic ring is 1. The molecule has 1 heterocycles. The molecule has 0 saturated heterocycles. The van der Waals surface area contributed by atoms with Crippen molar-refractivity contribution in [2.45, 2.75) is 19.6 Å². The third-order valence-electron chi connectivity index (χ3n) is 2.48. The molecule has 2 aromatic rings. The lowest BCUT2D eigenvalue weighted by molar-refractivity contribution is 0.425. The molecule has 7 heteroatoms. The van der Waals surface area contributed by atoms with Gasteiger partial charge in [0.05, 0.1) is 22.0 Å². The van der Waals surface area contributed by atoms with Crippen molar-refractivity contribution in [1.29, 1.82) is 0 Å². The van der Waals surface area contributed by atoms with E-state index in [2.05, 4.69) is 24.0 Å². The Kier molecular flexibility index (Phi) is 5.18. The molecule has 0 atom stereocenters. The molecule has 20 heavy (non-hydrogen) atoms. The molecule has 0 aliphatic rings. The van der Waals surface area contributed by atoms with Crippen LogP contribution in [-0.2, 0) is 5.75 Å². The van der Waals surface area contributed by atoms with Gasteiger partial charge in [-0.15, -0.1) is 0 Å². The van der Waals surface area contributed by atoms with E-state index in [1.165, 1.54) is 0 Å². The normalized spacial score (nSPS) is 11.2. The molecule has 108 valence electrons. The molecule has 0 amide bonds. The van der Waals surface area contributed by atoms with Crippen LogP contribution >= 0.6 is 35.0 Å². The van der Waals surface area contributed by atoms with Gasteiger partial charge in [0.25, 0.3) is 5.89 Å². The third kappa shape index (κ3) is 3.81. The highest BCUT2D eigenvalue weighted by molar-refractivity contribution is 7.98. The number of hydrogen-bond acceptors (Lipinski definition) is 5. The van der Waals surface area contributed by atoms with Crippen molar-refractivity contribution >= 4 is 40.7 Å². The van der Waals surface area contributed by atoms with Gasteiger partial charge in [-0.05, 0) is 23.8 Å². The number of benzene rings is 1. The van der Waals surface area contributed by atoms with Gasteiger partial charge in [0.2, 0.25) is 0 Å². The lowest BCUT2D eigenvalue weighted by Crippen LogP contribution is -1.94. The van der Waals surface area contributed by atoms with Gasteiger partial charge in [0.1, 0.15) is 0 Å². The van der Waals surface area contributed by atoms with Crippen molar-refractivity contribution in [2.75, 3.05) is 11.5 Å². The fraction of sp³-hybridized carbons (Fsp3) is 0.385. The Morgan fingerprint density at radius 2 is 2.10 bits per heavy atom. The largest absolute Gasteiger partial charge is 0.397 e. The van der Waals surface area contributed by atoms with Gasteiger partial charge < -0.3 is 10.3 Å². The topological polar surface area (TPSA) is 64.9 Å². The van der Waals surface area contributed by atoms with Crippen molar-refractivity contribution in [3.63, 3.8) is 0 Å². The predicted octanol–water partition coefficient (Wildman–Crippen LogP) is 4.51. The first kappa shape index (κ1) is 15.5. The summed E-state index contributed by atoms with van der Waals surface area (Å²) in [7, 11) is 0. The molecule has 0 spiro atoms. The van der Waals surface area contributed by atoms with E-state index in [0.29, 0.717) is 44.7 Å². The molecule has 4 nitrogen and oxygen atoms in total. The second-order valence-corrected chi connectivity index (χ2v) is 6.65. The summed E-state index contributed by atoms with van der Waals surface area (Å²) in [5.74, 6) is 3.37. The van der Waals surface area contributed by atoms with Crippen LogP contribution in [0.3, 0.4) is 0 Å². The van der Waals surface area contributed by atoms with Gasteiger partial charge in [-0.1, -0.05) is 42.2 Å². The Hall–Kier alpha value is -0.910. The Morgan fingerprint density at radius 1 is 1.35 bits per heavy atom. The molecule has 1 aromatic carbocycles. The summed E-state index contributed by atoms with van der Waals surface area (Å²) in [6.45, 7) is 4.34. The zero-order valence-corrected chi connectivity index (χ0v) is 13.5. The first-order valence-corrected chi connectivity index (χ1v) is 8.03. The summed E-state index contributed by atoms with van der Waals surface area (Å²) >= 11 is 13.7. The monoisotopic (exact) mass is 331 g/mol. The van der Waals surface area contributed by atoms with E-state index in [1.54, 1.807) is 23.9 Å². The second kappa shape index (κ2) is 6.70. The summed E-state index contributed by atoms with van der Waals surface area (Å²) < 4.78 is 5.23. The lowest BCUT2D eigenvalue weighted by Gasteiger charge is -2.03. The highest BCUT2D eigenvalue weighted by Crippen LogP contribution is 2.34. The Balaban J connectivity index is 2.16. The van der Waals surface area contributed by atoms with Crippen LogP contribution < -0.4 is 5.73 Å². The van der Waals surface area contributed by atoms with Crippen molar-refractivity contribution in [3.05, 3.63) is 28.0 Å². The summed E-state index contributed by atoms with van der Waals surface area (Å²) in [5.41, 5.74) is 6.86. The lowest BCUT2D eigenvalue weighted by atomic mass is 10.2. The van der Waals surface area contributed by atoms with E-state index < -0.39 is 0 Å². The summed E-state index contributed by atoms with van der Waals surface area (Å²) in [4.78, 5) is 4.32. The van der Waals surface area contributed by atoms with Gasteiger partial charge in [-0.25, -0.2) is 0 Å². The Bertz CT molecular complexity index is 601. The molecule has 2 rings (SSSR count). The minimum Gasteiger partial charge on any atom is -0.397 e. The number of nitrogens with two attached hydrogens (primary N) is 1. The molecule has 0 aliphatic carbocycles. The molecule has 0 saturated carbocycles. The minimum absolute atomic E-state index is 0.340. The maximum Gasteiger partial charge on any atom is 0.260 e. The number of anilines is 1. The number of rotatable bonds is 5. The van der Waals surface area contributed by atoms with Crippen molar-refractivity contribution in [3.8, 4) is 11.5 Å². The quantitative estimate of drug-likeness (QED) is 0.816. The number of halogens is 2. The van der Waals surface area contributed by atoms with Gasteiger partial charge in [-0.3, -0.25) is 0 Å². The fourth-order valence-electron chi connectivity index (χ4n) is 1.57. The third-order valence-corrected chi connectivity index (χ3v) is 4.37. The Morgan fingerprint density at radius 3 is 2.80 bits per heavy atom. The van der Waals surface area contributed by atoms with E-state index in [0.717, 1.165) is 5.75 Å². The van der Waals surface area contributed by atoms with Gasteiger partial charge in [0.15, 0.2) is 5.82 Å². The van der Waals surface area contributed by atoms with Crippen LogP contribution in [0.4, 0.5) is 5.69 Å². The SMILES string of the molecule is CC(C)CSCc1noc(-c2cc(Cl)cc(Cl)c2N)n1. The zero-order valence-electron chi connectivity index (χ0n) is 11.2. The summed E-state index contributed by atoms with van der Waals surface area (Å²) in [5, 5.41) is 4.80. The van der Waals surface area contributed by atoms with E-state index >= 15 is 0 Å². The predicted molar refractivity (Wildman–Crippen MR) is 85.2 cm³/mol. The molecule has 0 fully saturated rings. The second-order valence-electron chi connectivity index (χ2n) is 4.77. The van der Waals surface area contributed by atoms with Crippen LogP contribution in [-0.4, -0.2) is 15.9 Å². The summed E-state index contributed by atoms with van der Waals surface area (Å²) in [6, 6.07) is 3.25. The van der Waals surface area contributed by atoms with Crippen LogP contribution in [0.15, 0.2) is 16.7 Å². The van der Waals surface area contributed by atoms with Crippen LogP contribution in [0.25, 0.3) is 11.5 Å². The van der Waals surface area contributed by atoms with Crippen LogP contribution in [0, 0.1) is 5.92 Å². The number of aromatic nitrogens is 2. The fourth-order valence-corrected chi connectivity index (χ4v) is 2.95. The first-order valence-electron chi connectivity index (χ1n) is 6.12. The zero-order chi connectivity index (χ0) is 14.7. The first-order chi connectivity index (χ1) is 9.47. The Labute approximate surface area is 132 Å². The van der Waals surface area contributed by atoms with Crippen molar-refractivity contribution < 1.29 is 4.52 Å². The average Bonchev–Trinajstić information content (AvgIpc) is 2.82. The van der Waals surface area contributed by atoms with Crippen LogP contribution in [0.2, 0.25) is 10.0 Å². The minimum atomic E-state index is 0.340. The highest BCUT2D eigenvalue weighted by atomic mass is 35.5. The van der Waals surface area contributed by atoms with Crippen molar-refractivity contribution in [2.24, 2.45) is 5.92 Å². The molecular formula is C13H15Cl2N3OS. The summed E-state index contributed by atoms with van der Waals surface area (Å²) in [6.07, 6.45) is 0. The van der Waals surface area contributed by atoms with Crippen LogP contribution in [0.5, 0.6) is 0 Å². The molecule has 0 radical (unpaired) electrons.